The number of hydrogen-bond acceptors (Lipinski definition) is 4. The first kappa shape index (κ1) is 10.4. The Balaban J connectivity index is 0.000000217. The van der Waals surface area contributed by atoms with Crippen molar-refractivity contribution in [1.29, 1.82) is 0 Å². The third-order valence-electron chi connectivity index (χ3n) is 0.948. The SMILES string of the molecule is CCC(=O)[O-].O=Cc1ccco1. The zero-order valence-electron chi connectivity index (χ0n) is 6.65. The van der Waals surface area contributed by atoms with Gasteiger partial charge in [0.05, 0.1) is 6.26 Å². The van der Waals surface area contributed by atoms with Crippen LogP contribution in [0.15, 0.2) is 22.8 Å². The van der Waals surface area contributed by atoms with Crippen LogP contribution >= 0.6 is 0 Å². The van der Waals surface area contributed by atoms with E-state index in [0.29, 0.717) is 12.0 Å². The number of aliphatic carboxylic acids is 1. The first-order chi connectivity index (χ1) is 5.70. The fourth-order valence-corrected chi connectivity index (χ4v) is 0.358. The molecule has 0 fully saturated rings. The molecular formula is C8H9O4-. The third kappa shape index (κ3) is 5.22. The Kier molecular flexibility index (Phi) is 5.34. The van der Waals surface area contributed by atoms with E-state index >= 15 is 0 Å². The largest absolute Gasteiger partial charge is 0.550 e. The van der Waals surface area contributed by atoms with Crippen LogP contribution in [-0.4, -0.2) is 12.3 Å². The number of carboxylic acids is 1. The number of carbonyl (C=O) groups excluding carboxylic acids is 2. The predicted molar refractivity (Wildman–Crippen MR) is 39.4 cm³/mol. The van der Waals surface area contributed by atoms with Gasteiger partial charge in [0.15, 0.2) is 12.0 Å². The van der Waals surface area contributed by atoms with E-state index < -0.39 is 5.97 Å². The second-order valence-electron chi connectivity index (χ2n) is 1.86. The maximum Gasteiger partial charge on any atom is 0.185 e. The molecule has 1 aromatic heterocycles. The zero-order valence-corrected chi connectivity index (χ0v) is 6.65. The molecule has 12 heavy (non-hydrogen) atoms. The predicted octanol–water partition coefficient (Wildman–Crippen LogP) is 0.238. The van der Waals surface area contributed by atoms with Gasteiger partial charge in [0.2, 0.25) is 0 Å². The summed E-state index contributed by atoms with van der Waals surface area (Å²) in [7, 11) is 0. The smallest absolute Gasteiger partial charge is 0.185 e. The zero-order chi connectivity index (χ0) is 9.40. The molecule has 0 spiro atoms. The Labute approximate surface area is 69.8 Å². The van der Waals surface area contributed by atoms with Gasteiger partial charge >= 0.3 is 0 Å². The molecule has 0 aliphatic carbocycles. The van der Waals surface area contributed by atoms with E-state index in [-0.39, 0.29) is 6.42 Å². The topological polar surface area (TPSA) is 70.3 Å². The molecule has 0 saturated carbocycles. The van der Waals surface area contributed by atoms with Crippen LogP contribution in [0.25, 0.3) is 0 Å². The number of carbonyl (C=O) groups is 2. The molecule has 0 amide bonds. The molecule has 0 unspecified atom stereocenters. The van der Waals surface area contributed by atoms with Crippen LogP contribution < -0.4 is 5.11 Å². The van der Waals surface area contributed by atoms with Crippen molar-refractivity contribution in [3.05, 3.63) is 24.2 Å². The molecule has 4 nitrogen and oxygen atoms in total. The minimum atomic E-state index is -0.995. The van der Waals surface area contributed by atoms with Crippen molar-refractivity contribution >= 4 is 12.3 Å². The molecule has 1 aromatic rings. The summed E-state index contributed by atoms with van der Waals surface area (Å²) in [6.07, 6.45) is 2.24. The highest BCUT2D eigenvalue weighted by molar-refractivity contribution is 5.69. The fraction of sp³-hybridized carbons (Fsp3) is 0.250. The molecule has 4 heteroatoms. The highest BCUT2D eigenvalue weighted by atomic mass is 16.4. The molecule has 0 atom stereocenters. The minimum Gasteiger partial charge on any atom is -0.550 e. The third-order valence-corrected chi connectivity index (χ3v) is 0.948. The van der Waals surface area contributed by atoms with Gasteiger partial charge < -0.3 is 14.3 Å². The van der Waals surface area contributed by atoms with E-state index in [1.807, 2.05) is 0 Å². The number of hydrogen-bond donors (Lipinski definition) is 0. The van der Waals surface area contributed by atoms with Crippen LogP contribution in [-0.2, 0) is 4.79 Å². The Hall–Kier alpha value is -1.58. The average molecular weight is 169 g/mol. The summed E-state index contributed by atoms with van der Waals surface area (Å²) in [5.41, 5.74) is 0. The molecule has 0 aromatic carbocycles. The van der Waals surface area contributed by atoms with E-state index in [9.17, 15) is 14.7 Å². The van der Waals surface area contributed by atoms with E-state index in [1.54, 1.807) is 12.1 Å². The molecular weight excluding hydrogens is 160 g/mol. The lowest BCUT2D eigenvalue weighted by Crippen LogP contribution is -2.19. The van der Waals surface area contributed by atoms with Gasteiger partial charge in [0.1, 0.15) is 0 Å². The number of carboxylic acid groups (broad SMARTS) is 1. The van der Waals surface area contributed by atoms with Crippen LogP contribution in [0.4, 0.5) is 0 Å². The monoisotopic (exact) mass is 169 g/mol. The van der Waals surface area contributed by atoms with Gasteiger partial charge in [-0.1, -0.05) is 6.92 Å². The highest BCUT2D eigenvalue weighted by Crippen LogP contribution is 1.92. The van der Waals surface area contributed by atoms with Crippen molar-refractivity contribution < 1.29 is 19.1 Å². The second kappa shape index (κ2) is 6.15. The summed E-state index contributed by atoms with van der Waals surface area (Å²) in [6.45, 7) is 1.54. The quantitative estimate of drug-likeness (QED) is 0.594. The maximum absolute atomic E-state index is 9.77. The van der Waals surface area contributed by atoms with E-state index in [4.69, 9.17) is 0 Å². The lowest BCUT2D eigenvalue weighted by Gasteiger charge is -1.87. The molecule has 0 bridgehead atoms. The summed E-state index contributed by atoms with van der Waals surface area (Å²) in [5, 5.41) is 9.26. The lowest BCUT2D eigenvalue weighted by molar-refractivity contribution is -0.305. The summed E-state index contributed by atoms with van der Waals surface area (Å²) in [5.74, 6) is -0.620. The highest BCUT2D eigenvalue weighted by Gasteiger charge is 1.84. The van der Waals surface area contributed by atoms with Crippen molar-refractivity contribution in [1.82, 2.24) is 0 Å². The van der Waals surface area contributed by atoms with Crippen LogP contribution in [0.3, 0.4) is 0 Å². The molecule has 1 heterocycles. The Morgan fingerprint density at radius 3 is 2.50 bits per heavy atom. The molecule has 66 valence electrons. The number of aldehydes is 1. The molecule has 0 radical (unpaired) electrons. The van der Waals surface area contributed by atoms with Gasteiger partial charge in [-0.05, 0) is 18.6 Å². The van der Waals surface area contributed by atoms with Crippen LogP contribution in [0.5, 0.6) is 0 Å². The van der Waals surface area contributed by atoms with Gasteiger partial charge in [-0.25, -0.2) is 0 Å². The first-order valence-corrected chi connectivity index (χ1v) is 3.39. The Bertz CT molecular complexity index is 225. The summed E-state index contributed by atoms with van der Waals surface area (Å²) in [4.78, 5) is 19.0. The van der Waals surface area contributed by atoms with Crippen molar-refractivity contribution in [3.8, 4) is 0 Å². The van der Waals surface area contributed by atoms with E-state index in [2.05, 4.69) is 4.42 Å². The molecule has 0 N–H and O–H groups in total. The summed E-state index contributed by atoms with van der Waals surface area (Å²) < 4.78 is 4.61. The minimum absolute atomic E-state index is 0.111. The van der Waals surface area contributed by atoms with Gasteiger partial charge in [-0.3, -0.25) is 4.79 Å². The number of rotatable bonds is 2. The second-order valence-corrected chi connectivity index (χ2v) is 1.86. The summed E-state index contributed by atoms with van der Waals surface area (Å²) in [6, 6.07) is 3.27. The van der Waals surface area contributed by atoms with Gasteiger partial charge in [-0.2, -0.15) is 0 Å². The summed E-state index contributed by atoms with van der Waals surface area (Å²) >= 11 is 0. The molecule has 1 rings (SSSR count). The van der Waals surface area contributed by atoms with E-state index in [0.717, 1.165) is 0 Å². The fourth-order valence-electron chi connectivity index (χ4n) is 0.358. The average Bonchev–Trinajstić information content (AvgIpc) is 2.57. The van der Waals surface area contributed by atoms with Gasteiger partial charge in [0.25, 0.3) is 0 Å². The maximum atomic E-state index is 9.77. The Morgan fingerprint density at radius 2 is 2.33 bits per heavy atom. The molecule has 0 aliphatic rings. The normalized spacial score (nSPS) is 8.08. The standard InChI is InChI=1S/C5H4O2.C3H6O2/c6-4-5-2-1-3-7-5;1-2-3(4)5/h1-4H;2H2,1H3,(H,4,5)/p-1. The Morgan fingerprint density at radius 1 is 1.75 bits per heavy atom. The van der Waals surface area contributed by atoms with Crippen LogP contribution in [0, 0.1) is 0 Å². The van der Waals surface area contributed by atoms with E-state index in [1.165, 1.54) is 13.2 Å². The first-order valence-electron chi connectivity index (χ1n) is 3.39. The lowest BCUT2D eigenvalue weighted by atomic mass is 10.5. The van der Waals surface area contributed by atoms with Gasteiger partial charge in [-0.15, -0.1) is 0 Å². The van der Waals surface area contributed by atoms with Crippen molar-refractivity contribution in [2.75, 3.05) is 0 Å². The molecule has 0 saturated heterocycles. The molecule has 0 aliphatic heterocycles. The van der Waals surface area contributed by atoms with Gasteiger partial charge in [0, 0.05) is 5.97 Å². The van der Waals surface area contributed by atoms with Crippen molar-refractivity contribution in [3.63, 3.8) is 0 Å². The number of furan rings is 1. The van der Waals surface area contributed by atoms with Crippen LogP contribution in [0.1, 0.15) is 23.9 Å². The van der Waals surface area contributed by atoms with Crippen molar-refractivity contribution in [2.24, 2.45) is 0 Å². The van der Waals surface area contributed by atoms with Crippen LogP contribution in [0.2, 0.25) is 0 Å². The van der Waals surface area contributed by atoms with Crippen molar-refractivity contribution in [2.45, 2.75) is 13.3 Å².